The van der Waals surface area contributed by atoms with E-state index in [4.69, 9.17) is 4.99 Å². The monoisotopic (exact) mass is 267 g/mol. The van der Waals surface area contributed by atoms with Crippen molar-refractivity contribution >= 4 is 16.9 Å². The van der Waals surface area contributed by atoms with Crippen molar-refractivity contribution in [1.29, 1.82) is 0 Å². The van der Waals surface area contributed by atoms with Gasteiger partial charge in [0.25, 0.3) is 0 Å². The van der Waals surface area contributed by atoms with Crippen LogP contribution in [0.15, 0.2) is 4.99 Å². The van der Waals surface area contributed by atoms with Crippen LogP contribution in [0.4, 0.5) is 0 Å². The van der Waals surface area contributed by atoms with Gasteiger partial charge in [0.15, 0.2) is 5.17 Å². The quantitative estimate of drug-likeness (QED) is 0.792. The van der Waals surface area contributed by atoms with Gasteiger partial charge < -0.3 is 10.2 Å². The van der Waals surface area contributed by atoms with Gasteiger partial charge in [-0.15, -0.1) is 0 Å². The van der Waals surface area contributed by atoms with Crippen LogP contribution in [-0.4, -0.2) is 48.0 Å². The first-order chi connectivity index (χ1) is 8.92. The lowest BCUT2D eigenvalue weighted by Crippen LogP contribution is -2.41. The van der Waals surface area contributed by atoms with Gasteiger partial charge in [-0.25, -0.2) is 0 Å². The minimum atomic E-state index is 0.739. The van der Waals surface area contributed by atoms with Crippen molar-refractivity contribution in [3.8, 4) is 0 Å². The van der Waals surface area contributed by atoms with E-state index in [1.54, 1.807) is 0 Å². The number of fused-ring (bicyclic) bond motifs is 1. The van der Waals surface area contributed by atoms with E-state index in [0.717, 1.165) is 18.5 Å². The zero-order valence-electron chi connectivity index (χ0n) is 11.2. The maximum Gasteiger partial charge on any atom is 0.156 e. The summed E-state index contributed by atoms with van der Waals surface area (Å²) >= 11 is 1.95. The molecule has 0 aromatic rings. The highest BCUT2D eigenvalue weighted by atomic mass is 32.2. The lowest BCUT2D eigenvalue weighted by molar-refractivity contribution is 0.336. The first kappa shape index (κ1) is 12.8. The summed E-state index contributed by atoms with van der Waals surface area (Å²) in [5, 5.41) is 4.87. The molecule has 1 N–H and O–H groups in total. The highest BCUT2D eigenvalue weighted by Crippen LogP contribution is 2.32. The number of hydrogen-bond donors (Lipinski definition) is 1. The van der Waals surface area contributed by atoms with Gasteiger partial charge in [0.2, 0.25) is 0 Å². The van der Waals surface area contributed by atoms with Gasteiger partial charge in [-0.2, -0.15) is 0 Å². The molecule has 3 fully saturated rings. The van der Waals surface area contributed by atoms with E-state index in [1.165, 1.54) is 69.1 Å². The number of nitrogens with one attached hydrogen (secondary N) is 1. The molecule has 4 heteroatoms. The molecule has 0 radical (unpaired) electrons. The molecule has 0 spiro atoms. The van der Waals surface area contributed by atoms with E-state index in [9.17, 15) is 0 Å². The first-order valence-corrected chi connectivity index (χ1v) is 8.56. The molecule has 1 saturated carbocycles. The number of nitrogens with zero attached hydrogens (tertiary/aromatic N) is 2. The minimum absolute atomic E-state index is 0.739. The van der Waals surface area contributed by atoms with E-state index in [1.807, 2.05) is 11.8 Å². The molecule has 0 aromatic heterocycles. The van der Waals surface area contributed by atoms with Gasteiger partial charge in [0.1, 0.15) is 0 Å². The predicted octanol–water partition coefficient (Wildman–Crippen LogP) is 2.33. The fourth-order valence-corrected chi connectivity index (χ4v) is 4.57. The molecule has 18 heavy (non-hydrogen) atoms. The first-order valence-electron chi connectivity index (χ1n) is 7.58. The molecular weight excluding hydrogens is 242 g/mol. The van der Waals surface area contributed by atoms with Crippen LogP contribution >= 0.6 is 11.8 Å². The number of thioether (sulfide) groups is 1. The molecule has 2 atom stereocenters. The van der Waals surface area contributed by atoms with E-state index >= 15 is 0 Å². The summed E-state index contributed by atoms with van der Waals surface area (Å²) < 4.78 is 0. The molecule has 0 bridgehead atoms. The molecule has 0 amide bonds. The lowest BCUT2D eigenvalue weighted by atomic mass is 10.1. The summed E-state index contributed by atoms with van der Waals surface area (Å²) in [6, 6.07) is 0.739. The Balaban J connectivity index is 1.37. The van der Waals surface area contributed by atoms with Crippen molar-refractivity contribution in [2.24, 2.45) is 10.9 Å². The number of rotatable bonds is 4. The van der Waals surface area contributed by atoms with Crippen LogP contribution in [-0.2, 0) is 0 Å². The Bertz CT molecular complexity index is 299. The van der Waals surface area contributed by atoms with Crippen LogP contribution in [0, 0.1) is 5.92 Å². The normalized spacial score (nSPS) is 34.8. The fourth-order valence-electron chi connectivity index (χ4n) is 3.39. The van der Waals surface area contributed by atoms with Crippen LogP contribution in [0.2, 0.25) is 0 Å². The molecule has 3 rings (SSSR count). The van der Waals surface area contributed by atoms with Gasteiger partial charge in [-0.1, -0.05) is 18.2 Å². The fraction of sp³-hybridized carbons (Fsp3) is 0.929. The Morgan fingerprint density at radius 2 is 2.11 bits per heavy atom. The third-order valence-corrected chi connectivity index (χ3v) is 5.60. The zero-order valence-corrected chi connectivity index (χ0v) is 12.1. The standard InChI is InChI=1S/C14H25N3S/c1-2-9-17(8-1)10-4-7-15-14-16-13-6-3-5-12(13)11-18-14/h12-13H,1-11H2,(H,15,16). The van der Waals surface area contributed by atoms with E-state index in [0.29, 0.717) is 0 Å². The molecule has 0 aromatic carbocycles. The predicted molar refractivity (Wildman–Crippen MR) is 79.3 cm³/mol. The smallest absolute Gasteiger partial charge is 0.156 e. The second kappa shape index (κ2) is 6.29. The maximum atomic E-state index is 4.75. The number of aliphatic imine (C=N–C) groups is 1. The molecule has 1 aliphatic carbocycles. The van der Waals surface area contributed by atoms with E-state index in [-0.39, 0.29) is 0 Å². The topological polar surface area (TPSA) is 27.6 Å². The summed E-state index contributed by atoms with van der Waals surface area (Å²) in [6.45, 7) is 4.87. The third kappa shape index (κ3) is 3.21. The number of likely N-dealkylation sites (tertiary alicyclic amines) is 1. The molecule has 2 aliphatic heterocycles. The average Bonchev–Trinajstić information content (AvgIpc) is 3.05. The largest absolute Gasteiger partial charge is 0.362 e. The Morgan fingerprint density at radius 1 is 1.22 bits per heavy atom. The lowest BCUT2D eigenvalue weighted by Gasteiger charge is -2.28. The molecule has 102 valence electrons. The van der Waals surface area contributed by atoms with Crippen molar-refractivity contribution < 1.29 is 0 Å². The zero-order chi connectivity index (χ0) is 12.2. The van der Waals surface area contributed by atoms with Crippen molar-refractivity contribution in [3.05, 3.63) is 0 Å². The Labute approximate surface area is 115 Å². The van der Waals surface area contributed by atoms with E-state index in [2.05, 4.69) is 10.2 Å². The minimum Gasteiger partial charge on any atom is -0.362 e. The highest BCUT2D eigenvalue weighted by Gasteiger charge is 2.31. The maximum absolute atomic E-state index is 4.75. The summed E-state index contributed by atoms with van der Waals surface area (Å²) in [7, 11) is 0. The van der Waals surface area contributed by atoms with Gasteiger partial charge in [0.05, 0.1) is 0 Å². The second-order valence-electron chi connectivity index (χ2n) is 5.84. The van der Waals surface area contributed by atoms with Gasteiger partial charge >= 0.3 is 0 Å². The Hall–Kier alpha value is -0.220. The molecule has 3 aliphatic rings. The summed E-state index contributed by atoms with van der Waals surface area (Å²) in [6.07, 6.45) is 8.21. The molecule has 3 nitrogen and oxygen atoms in total. The third-order valence-electron chi connectivity index (χ3n) is 4.49. The van der Waals surface area contributed by atoms with Gasteiger partial charge in [-0.3, -0.25) is 4.99 Å². The van der Waals surface area contributed by atoms with Gasteiger partial charge in [0, 0.05) is 18.3 Å². The Morgan fingerprint density at radius 3 is 3.00 bits per heavy atom. The van der Waals surface area contributed by atoms with Gasteiger partial charge in [-0.05, 0) is 57.7 Å². The number of amidine groups is 1. The van der Waals surface area contributed by atoms with Crippen LogP contribution in [0.1, 0.15) is 38.5 Å². The van der Waals surface area contributed by atoms with Crippen molar-refractivity contribution in [2.45, 2.75) is 44.6 Å². The average molecular weight is 267 g/mol. The molecule has 2 heterocycles. The van der Waals surface area contributed by atoms with Crippen LogP contribution in [0.3, 0.4) is 0 Å². The molecular formula is C14H25N3S. The van der Waals surface area contributed by atoms with Crippen molar-refractivity contribution in [1.82, 2.24) is 10.2 Å². The van der Waals surface area contributed by atoms with Crippen LogP contribution in [0.25, 0.3) is 0 Å². The molecule has 2 saturated heterocycles. The van der Waals surface area contributed by atoms with Crippen molar-refractivity contribution in [2.75, 3.05) is 31.9 Å². The van der Waals surface area contributed by atoms with E-state index < -0.39 is 0 Å². The molecule has 2 unspecified atom stereocenters. The Kier molecular flexibility index (Phi) is 4.47. The summed E-state index contributed by atoms with van der Waals surface area (Å²) in [5.74, 6) is 2.21. The SMILES string of the molecule is C1CC2CSC(=NCCCN3CCCC3)NC2C1. The highest BCUT2D eigenvalue weighted by molar-refractivity contribution is 8.13. The van der Waals surface area contributed by atoms with Crippen LogP contribution in [0.5, 0.6) is 0 Å². The summed E-state index contributed by atoms with van der Waals surface area (Å²) in [5.41, 5.74) is 0. The van der Waals surface area contributed by atoms with Crippen LogP contribution < -0.4 is 5.32 Å². The second-order valence-corrected chi connectivity index (χ2v) is 6.85. The summed E-state index contributed by atoms with van der Waals surface area (Å²) in [4.78, 5) is 7.32. The van der Waals surface area contributed by atoms with Crippen molar-refractivity contribution in [3.63, 3.8) is 0 Å². The number of hydrogen-bond acceptors (Lipinski definition) is 3.